The molecule has 1 rings (SSSR count). The molecule has 1 unspecified atom stereocenters. The van der Waals surface area contributed by atoms with Crippen LogP contribution in [0.3, 0.4) is 0 Å². The molecule has 0 aromatic heterocycles. The van der Waals surface area contributed by atoms with Gasteiger partial charge in [0.1, 0.15) is 5.82 Å². The number of hydrogen-bond acceptors (Lipinski definition) is 4. The highest BCUT2D eigenvalue weighted by Crippen LogP contribution is 2.16. The van der Waals surface area contributed by atoms with Gasteiger partial charge < -0.3 is 10.4 Å². The van der Waals surface area contributed by atoms with Crippen LogP contribution in [-0.2, 0) is 4.79 Å². The molecule has 19 heavy (non-hydrogen) atoms. The first-order valence-electron chi connectivity index (χ1n) is 5.28. The van der Waals surface area contributed by atoms with Crippen LogP contribution in [0.15, 0.2) is 18.2 Å². The summed E-state index contributed by atoms with van der Waals surface area (Å²) in [5, 5.41) is 21.3. The maximum Gasteiger partial charge on any atom is 0.305 e. The molecular weight excluding hydrogens is 259 g/mol. The molecule has 0 aliphatic rings. The van der Waals surface area contributed by atoms with Crippen LogP contribution in [-0.4, -0.2) is 27.9 Å². The second kappa shape index (κ2) is 5.89. The van der Waals surface area contributed by atoms with Gasteiger partial charge in [0, 0.05) is 18.2 Å². The Balaban J connectivity index is 2.90. The maximum atomic E-state index is 13.4. The summed E-state index contributed by atoms with van der Waals surface area (Å²) in [6.07, 6.45) is -0.331. The van der Waals surface area contributed by atoms with E-state index in [0.29, 0.717) is 0 Å². The van der Waals surface area contributed by atoms with Gasteiger partial charge in [0.05, 0.1) is 16.9 Å². The van der Waals surface area contributed by atoms with E-state index < -0.39 is 39.9 Å². The Kier molecular flexibility index (Phi) is 4.51. The minimum atomic E-state index is -1.12. The molecule has 0 heterocycles. The predicted octanol–water partition coefficient (Wildman–Crippen LogP) is 1.33. The Morgan fingerprint density at radius 3 is 2.68 bits per heavy atom. The van der Waals surface area contributed by atoms with Crippen molar-refractivity contribution < 1.29 is 24.0 Å². The number of carbonyl (C=O) groups is 2. The smallest absolute Gasteiger partial charge is 0.305 e. The van der Waals surface area contributed by atoms with E-state index in [4.69, 9.17) is 5.11 Å². The van der Waals surface area contributed by atoms with Gasteiger partial charge in [0.25, 0.3) is 11.6 Å². The zero-order chi connectivity index (χ0) is 14.6. The van der Waals surface area contributed by atoms with Crippen LogP contribution in [0.1, 0.15) is 23.7 Å². The zero-order valence-electron chi connectivity index (χ0n) is 9.92. The topological polar surface area (TPSA) is 110 Å². The number of nitrogens with zero attached hydrogens (tertiary/aromatic N) is 1. The first-order valence-corrected chi connectivity index (χ1v) is 5.28. The minimum absolute atomic E-state index is 0.331. The fourth-order valence-corrected chi connectivity index (χ4v) is 1.42. The van der Waals surface area contributed by atoms with Gasteiger partial charge in [-0.3, -0.25) is 19.7 Å². The molecule has 0 aliphatic heterocycles. The summed E-state index contributed by atoms with van der Waals surface area (Å²) in [4.78, 5) is 31.9. The fraction of sp³-hybridized carbons (Fsp3) is 0.273. The maximum absolute atomic E-state index is 13.4. The lowest BCUT2D eigenvalue weighted by molar-refractivity contribution is -0.384. The number of rotatable bonds is 5. The number of amides is 1. The quantitative estimate of drug-likeness (QED) is 0.619. The Labute approximate surface area is 107 Å². The van der Waals surface area contributed by atoms with E-state index in [9.17, 15) is 24.1 Å². The fourth-order valence-electron chi connectivity index (χ4n) is 1.42. The number of carboxylic acid groups (broad SMARTS) is 1. The van der Waals surface area contributed by atoms with E-state index >= 15 is 0 Å². The Morgan fingerprint density at radius 2 is 2.16 bits per heavy atom. The van der Waals surface area contributed by atoms with Crippen molar-refractivity contribution in [2.75, 3.05) is 0 Å². The summed E-state index contributed by atoms with van der Waals surface area (Å²) in [6.45, 7) is 1.43. The van der Waals surface area contributed by atoms with Crippen LogP contribution < -0.4 is 5.32 Å². The number of benzene rings is 1. The predicted molar refractivity (Wildman–Crippen MR) is 62.2 cm³/mol. The van der Waals surface area contributed by atoms with Crippen molar-refractivity contribution >= 4 is 17.6 Å². The summed E-state index contributed by atoms with van der Waals surface area (Å²) in [7, 11) is 0. The highest BCUT2D eigenvalue weighted by molar-refractivity contribution is 5.95. The lowest BCUT2D eigenvalue weighted by Crippen LogP contribution is -2.34. The molecule has 0 fully saturated rings. The number of nitrogens with one attached hydrogen (secondary N) is 1. The molecular formula is C11H11FN2O5. The average Bonchev–Trinajstić information content (AvgIpc) is 2.27. The van der Waals surface area contributed by atoms with E-state index in [0.717, 1.165) is 18.2 Å². The highest BCUT2D eigenvalue weighted by Gasteiger charge is 2.19. The summed E-state index contributed by atoms with van der Waals surface area (Å²) in [6, 6.07) is 1.84. The van der Waals surface area contributed by atoms with Crippen molar-refractivity contribution in [2.24, 2.45) is 0 Å². The minimum Gasteiger partial charge on any atom is -0.481 e. The number of carbonyl (C=O) groups excluding carboxylic acids is 1. The van der Waals surface area contributed by atoms with Crippen LogP contribution in [0.25, 0.3) is 0 Å². The second-order valence-electron chi connectivity index (χ2n) is 3.89. The summed E-state index contributed by atoms with van der Waals surface area (Å²) in [5.41, 5.74) is -0.913. The van der Waals surface area contributed by atoms with Crippen LogP contribution in [0.4, 0.5) is 10.1 Å². The van der Waals surface area contributed by atoms with E-state index in [-0.39, 0.29) is 6.42 Å². The molecule has 102 valence electrons. The van der Waals surface area contributed by atoms with Gasteiger partial charge in [0.15, 0.2) is 0 Å². The lowest BCUT2D eigenvalue weighted by Gasteiger charge is -2.11. The number of non-ortho nitro benzene ring substituents is 1. The number of aliphatic carboxylic acids is 1. The summed E-state index contributed by atoms with van der Waals surface area (Å²) < 4.78 is 13.4. The standard InChI is InChI=1S/C11H11FN2O5/c1-6(4-10(15)16)13-11(17)8-5-7(14(18)19)2-3-9(8)12/h2-3,5-6H,4H2,1H3,(H,13,17)(H,15,16). The lowest BCUT2D eigenvalue weighted by atomic mass is 10.1. The van der Waals surface area contributed by atoms with E-state index in [2.05, 4.69) is 5.32 Å². The SMILES string of the molecule is CC(CC(=O)O)NC(=O)c1cc([N+](=O)[O-])ccc1F. The van der Waals surface area contributed by atoms with E-state index in [1.807, 2.05) is 0 Å². The second-order valence-corrected chi connectivity index (χ2v) is 3.89. The van der Waals surface area contributed by atoms with E-state index in [1.165, 1.54) is 6.92 Å². The average molecular weight is 270 g/mol. The molecule has 7 nitrogen and oxygen atoms in total. The monoisotopic (exact) mass is 270 g/mol. The van der Waals surface area contributed by atoms with Crippen LogP contribution >= 0.6 is 0 Å². The van der Waals surface area contributed by atoms with Crippen LogP contribution in [0.2, 0.25) is 0 Å². The van der Waals surface area contributed by atoms with Crippen molar-refractivity contribution in [1.82, 2.24) is 5.32 Å². The third-order valence-electron chi connectivity index (χ3n) is 2.26. The molecule has 8 heteroatoms. The van der Waals surface area contributed by atoms with Gasteiger partial charge in [-0.1, -0.05) is 0 Å². The molecule has 0 radical (unpaired) electrons. The van der Waals surface area contributed by atoms with Crippen molar-refractivity contribution in [3.63, 3.8) is 0 Å². The van der Waals surface area contributed by atoms with Gasteiger partial charge in [0.2, 0.25) is 0 Å². The molecule has 0 saturated carbocycles. The number of nitro groups is 1. The van der Waals surface area contributed by atoms with Crippen LogP contribution in [0, 0.1) is 15.9 Å². The molecule has 0 bridgehead atoms. The van der Waals surface area contributed by atoms with Gasteiger partial charge in [-0.2, -0.15) is 0 Å². The third-order valence-corrected chi connectivity index (χ3v) is 2.26. The number of carboxylic acids is 1. The van der Waals surface area contributed by atoms with Crippen molar-refractivity contribution in [1.29, 1.82) is 0 Å². The van der Waals surface area contributed by atoms with Gasteiger partial charge >= 0.3 is 5.97 Å². The third kappa shape index (κ3) is 4.02. The molecule has 1 aromatic rings. The van der Waals surface area contributed by atoms with Crippen molar-refractivity contribution in [3.8, 4) is 0 Å². The van der Waals surface area contributed by atoms with Gasteiger partial charge in [-0.15, -0.1) is 0 Å². The number of halogens is 1. The van der Waals surface area contributed by atoms with Crippen molar-refractivity contribution in [2.45, 2.75) is 19.4 Å². The Morgan fingerprint density at radius 1 is 1.53 bits per heavy atom. The molecule has 0 saturated heterocycles. The van der Waals surface area contributed by atoms with Gasteiger partial charge in [-0.05, 0) is 13.0 Å². The normalized spacial score (nSPS) is 11.7. The van der Waals surface area contributed by atoms with Gasteiger partial charge in [-0.25, -0.2) is 4.39 Å². The number of nitro benzene ring substituents is 1. The summed E-state index contributed by atoms with van der Waals surface area (Å²) in [5.74, 6) is -2.92. The highest BCUT2D eigenvalue weighted by atomic mass is 19.1. The molecule has 2 N–H and O–H groups in total. The molecule has 1 amide bonds. The molecule has 0 aliphatic carbocycles. The zero-order valence-corrected chi connectivity index (χ0v) is 9.92. The molecule has 1 atom stereocenters. The van der Waals surface area contributed by atoms with Crippen LogP contribution in [0.5, 0.6) is 0 Å². The van der Waals surface area contributed by atoms with Crippen molar-refractivity contribution in [3.05, 3.63) is 39.7 Å². The Bertz CT molecular complexity index is 532. The largest absolute Gasteiger partial charge is 0.481 e. The first-order chi connectivity index (χ1) is 8.81. The van der Waals surface area contributed by atoms with E-state index in [1.54, 1.807) is 0 Å². The molecule has 1 aromatic carbocycles. The Hall–Kier alpha value is -2.51. The molecule has 0 spiro atoms. The first kappa shape index (κ1) is 14.6. The summed E-state index contributed by atoms with van der Waals surface area (Å²) >= 11 is 0. The number of hydrogen-bond donors (Lipinski definition) is 2.